The monoisotopic (exact) mass is 288 g/mol. The maximum atomic E-state index is 13.6. The molecule has 1 heterocycles. The largest absolute Gasteiger partial charge is 0.310 e. The minimum atomic E-state index is -0.196. The summed E-state index contributed by atoms with van der Waals surface area (Å²) in [5.41, 5.74) is 2.28. The van der Waals surface area contributed by atoms with Crippen LogP contribution in [0.3, 0.4) is 0 Å². The Labute approximate surface area is 122 Å². The minimum Gasteiger partial charge on any atom is -0.310 e. The summed E-state index contributed by atoms with van der Waals surface area (Å²) in [6.07, 6.45) is 4.45. The van der Waals surface area contributed by atoms with Crippen molar-refractivity contribution in [2.75, 3.05) is 0 Å². The van der Waals surface area contributed by atoms with Gasteiger partial charge in [0.1, 0.15) is 10.8 Å². The Morgan fingerprint density at radius 3 is 2.85 bits per heavy atom. The quantitative estimate of drug-likeness (QED) is 0.902. The van der Waals surface area contributed by atoms with Gasteiger partial charge in [-0.2, -0.15) is 0 Å². The number of hydrogen-bond donors (Lipinski definition) is 1. The highest BCUT2D eigenvalue weighted by Crippen LogP contribution is 2.30. The van der Waals surface area contributed by atoms with Crippen LogP contribution in [0.25, 0.3) is 0 Å². The number of aryl methyl sites for hydroxylation is 1. The number of nitrogens with zero attached hydrogens (tertiary/aromatic N) is 1. The molecule has 0 bridgehead atoms. The molecule has 1 aromatic heterocycles. The molecule has 0 unspecified atom stereocenters. The topological polar surface area (TPSA) is 24.9 Å². The molecule has 1 N–H and O–H groups in total. The number of aromatic nitrogens is 1. The van der Waals surface area contributed by atoms with Crippen LogP contribution >= 0.6 is 11.8 Å². The number of halogens is 1. The van der Waals surface area contributed by atoms with Crippen molar-refractivity contribution in [1.82, 2.24) is 10.3 Å². The maximum absolute atomic E-state index is 13.6. The molecule has 20 heavy (non-hydrogen) atoms. The Morgan fingerprint density at radius 1 is 1.35 bits per heavy atom. The lowest BCUT2D eigenvalue weighted by molar-refractivity contribution is 0.602. The summed E-state index contributed by atoms with van der Waals surface area (Å²) in [4.78, 5) is 5.09. The molecule has 0 atom stereocenters. The normalized spacial score (nSPS) is 14.5. The lowest BCUT2D eigenvalue weighted by atomic mass is 10.2. The molecule has 0 amide bonds. The van der Waals surface area contributed by atoms with Crippen LogP contribution in [-0.4, -0.2) is 11.0 Å². The first kappa shape index (κ1) is 13.6. The fourth-order valence-corrected chi connectivity index (χ4v) is 2.85. The van der Waals surface area contributed by atoms with Gasteiger partial charge in [0.15, 0.2) is 0 Å². The first-order valence-corrected chi connectivity index (χ1v) is 7.65. The summed E-state index contributed by atoms with van der Waals surface area (Å²) in [7, 11) is 0. The van der Waals surface area contributed by atoms with Crippen LogP contribution in [0.15, 0.2) is 46.5 Å². The summed E-state index contributed by atoms with van der Waals surface area (Å²) in [6.45, 7) is 2.89. The molecule has 2 nitrogen and oxygen atoms in total. The zero-order valence-electron chi connectivity index (χ0n) is 11.4. The fourth-order valence-electron chi connectivity index (χ4n) is 2.01. The SMILES string of the molecule is Cc1cc(CNC2CC2)cnc1Sc1ccccc1F. The second-order valence-electron chi connectivity index (χ2n) is 5.15. The highest BCUT2D eigenvalue weighted by Gasteiger charge is 2.20. The Bertz CT molecular complexity index is 611. The van der Waals surface area contributed by atoms with E-state index < -0.39 is 0 Å². The predicted octanol–water partition coefficient (Wildman–Crippen LogP) is 3.93. The van der Waals surface area contributed by atoms with E-state index in [4.69, 9.17) is 0 Å². The zero-order valence-corrected chi connectivity index (χ0v) is 12.2. The van der Waals surface area contributed by atoms with Crippen LogP contribution in [0.5, 0.6) is 0 Å². The van der Waals surface area contributed by atoms with Crippen molar-refractivity contribution in [3.05, 3.63) is 53.5 Å². The van der Waals surface area contributed by atoms with E-state index in [0.29, 0.717) is 10.9 Å². The van der Waals surface area contributed by atoms with E-state index in [1.165, 1.54) is 36.2 Å². The Balaban J connectivity index is 1.71. The lowest BCUT2D eigenvalue weighted by Gasteiger charge is -2.08. The van der Waals surface area contributed by atoms with Gasteiger partial charge in [0.25, 0.3) is 0 Å². The fraction of sp³-hybridized carbons (Fsp3) is 0.312. The van der Waals surface area contributed by atoms with Gasteiger partial charge >= 0.3 is 0 Å². The van der Waals surface area contributed by atoms with Gasteiger partial charge in [0.2, 0.25) is 0 Å². The van der Waals surface area contributed by atoms with E-state index in [9.17, 15) is 4.39 Å². The third-order valence-corrected chi connectivity index (χ3v) is 4.47. The van der Waals surface area contributed by atoms with Crippen molar-refractivity contribution >= 4 is 11.8 Å². The zero-order chi connectivity index (χ0) is 13.9. The second kappa shape index (κ2) is 5.94. The number of rotatable bonds is 5. The number of nitrogens with one attached hydrogen (secondary N) is 1. The summed E-state index contributed by atoms with van der Waals surface area (Å²) < 4.78 is 13.6. The smallest absolute Gasteiger partial charge is 0.137 e. The molecule has 3 rings (SSSR count). The van der Waals surface area contributed by atoms with Crippen LogP contribution < -0.4 is 5.32 Å². The average Bonchev–Trinajstić information content (AvgIpc) is 3.26. The molecular formula is C16H17FN2S. The molecule has 1 saturated carbocycles. The molecule has 4 heteroatoms. The standard InChI is InChI=1S/C16H17FN2S/c1-11-8-12(9-18-13-6-7-13)10-19-16(11)20-15-5-3-2-4-14(15)17/h2-5,8,10,13,18H,6-7,9H2,1H3. The van der Waals surface area contributed by atoms with Gasteiger partial charge in [0, 0.05) is 23.7 Å². The van der Waals surface area contributed by atoms with Gasteiger partial charge < -0.3 is 5.32 Å². The van der Waals surface area contributed by atoms with Gasteiger partial charge in [-0.1, -0.05) is 30.0 Å². The van der Waals surface area contributed by atoms with Gasteiger partial charge in [-0.05, 0) is 43.0 Å². The van der Waals surface area contributed by atoms with E-state index in [1.54, 1.807) is 12.1 Å². The van der Waals surface area contributed by atoms with E-state index in [-0.39, 0.29) is 5.82 Å². The molecule has 1 aliphatic carbocycles. The molecule has 0 spiro atoms. The second-order valence-corrected chi connectivity index (χ2v) is 6.18. The molecule has 0 saturated heterocycles. The summed E-state index contributed by atoms with van der Waals surface area (Å²) in [6, 6.07) is 9.63. The summed E-state index contributed by atoms with van der Waals surface area (Å²) >= 11 is 1.38. The molecule has 1 aliphatic rings. The minimum absolute atomic E-state index is 0.196. The van der Waals surface area contributed by atoms with Crippen molar-refractivity contribution in [2.24, 2.45) is 0 Å². The Hall–Kier alpha value is -1.39. The van der Waals surface area contributed by atoms with Crippen LogP contribution in [0.2, 0.25) is 0 Å². The van der Waals surface area contributed by atoms with Crippen LogP contribution in [0.4, 0.5) is 4.39 Å². The molecular weight excluding hydrogens is 271 g/mol. The van der Waals surface area contributed by atoms with Crippen LogP contribution in [-0.2, 0) is 6.54 Å². The summed E-state index contributed by atoms with van der Waals surface area (Å²) in [5, 5.41) is 4.34. The summed E-state index contributed by atoms with van der Waals surface area (Å²) in [5.74, 6) is -0.196. The molecule has 0 radical (unpaired) electrons. The average molecular weight is 288 g/mol. The maximum Gasteiger partial charge on any atom is 0.137 e. The highest BCUT2D eigenvalue weighted by atomic mass is 32.2. The van der Waals surface area contributed by atoms with Crippen molar-refractivity contribution < 1.29 is 4.39 Å². The first-order chi connectivity index (χ1) is 9.72. The molecule has 1 fully saturated rings. The number of hydrogen-bond acceptors (Lipinski definition) is 3. The van der Waals surface area contributed by atoms with Crippen molar-refractivity contribution in [3.63, 3.8) is 0 Å². The Morgan fingerprint density at radius 2 is 2.15 bits per heavy atom. The van der Waals surface area contributed by atoms with Gasteiger partial charge in [-0.15, -0.1) is 0 Å². The third-order valence-electron chi connectivity index (χ3n) is 3.30. The van der Waals surface area contributed by atoms with Crippen LogP contribution in [0, 0.1) is 12.7 Å². The van der Waals surface area contributed by atoms with Crippen molar-refractivity contribution in [1.29, 1.82) is 0 Å². The van der Waals surface area contributed by atoms with E-state index in [1.807, 2.05) is 19.2 Å². The lowest BCUT2D eigenvalue weighted by Crippen LogP contribution is -2.15. The van der Waals surface area contributed by atoms with Crippen molar-refractivity contribution in [2.45, 2.75) is 42.3 Å². The number of pyridine rings is 1. The van der Waals surface area contributed by atoms with Gasteiger partial charge in [-0.25, -0.2) is 9.37 Å². The number of benzene rings is 1. The van der Waals surface area contributed by atoms with Crippen LogP contribution in [0.1, 0.15) is 24.0 Å². The molecule has 104 valence electrons. The predicted molar refractivity (Wildman–Crippen MR) is 79.4 cm³/mol. The molecule has 2 aromatic rings. The van der Waals surface area contributed by atoms with E-state index in [2.05, 4.69) is 16.4 Å². The third kappa shape index (κ3) is 3.38. The van der Waals surface area contributed by atoms with Gasteiger partial charge in [-0.3, -0.25) is 0 Å². The first-order valence-electron chi connectivity index (χ1n) is 6.83. The van der Waals surface area contributed by atoms with Gasteiger partial charge in [0.05, 0.1) is 0 Å². The van der Waals surface area contributed by atoms with E-state index >= 15 is 0 Å². The van der Waals surface area contributed by atoms with E-state index in [0.717, 1.165) is 17.1 Å². The molecule has 1 aromatic carbocycles. The van der Waals surface area contributed by atoms with Crippen molar-refractivity contribution in [3.8, 4) is 0 Å². The highest BCUT2D eigenvalue weighted by molar-refractivity contribution is 7.99. The molecule has 0 aliphatic heterocycles. The Kier molecular flexibility index (Phi) is 4.03.